The predicted octanol–water partition coefficient (Wildman–Crippen LogP) is 3.50. The van der Waals surface area contributed by atoms with Gasteiger partial charge in [0.05, 0.1) is 29.0 Å². The standard InChI is InChI=1S/C19H18N4O4S/c1-12-13(8-10-26-12)18-21-22-19(27-18)28-11-16(24)20-14-5-2-3-6-15(14)23-9-4-7-17(23)25/h2-3,5-6,8,10H,4,7,9,11H2,1H3,(H,20,24). The van der Waals surface area contributed by atoms with Crippen molar-refractivity contribution in [1.29, 1.82) is 0 Å². The zero-order valence-corrected chi connectivity index (χ0v) is 16.0. The average molecular weight is 398 g/mol. The Morgan fingerprint density at radius 3 is 2.89 bits per heavy atom. The molecule has 0 atom stereocenters. The van der Waals surface area contributed by atoms with Gasteiger partial charge in [-0.25, -0.2) is 0 Å². The molecule has 1 N–H and O–H groups in total. The van der Waals surface area contributed by atoms with E-state index in [0.717, 1.165) is 29.4 Å². The Bertz CT molecular complexity index is 1010. The fourth-order valence-corrected chi connectivity index (χ4v) is 3.58. The van der Waals surface area contributed by atoms with Gasteiger partial charge in [-0.3, -0.25) is 9.59 Å². The van der Waals surface area contributed by atoms with E-state index in [2.05, 4.69) is 15.5 Å². The summed E-state index contributed by atoms with van der Waals surface area (Å²) in [7, 11) is 0. The Labute approximate surface area is 165 Å². The third kappa shape index (κ3) is 3.79. The van der Waals surface area contributed by atoms with E-state index in [1.54, 1.807) is 23.3 Å². The minimum absolute atomic E-state index is 0.0732. The third-order valence-corrected chi connectivity index (χ3v) is 5.18. The van der Waals surface area contributed by atoms with E-state index in [-0.39, 0.29) is 17.6 Å². The van der Waals surface area contributed by atoms with Crippen LogP contribution in [0.25, 0.3) is 11.5 Å². The van der Waals surface area contributed by atoms with Gasteiger partial charge in [-0.15, -0.1) is 10.2 Å². The minimum Gasteiger partial charge on any atom is -0.469 e. The number of furan rings is 1. The lowest BCUT2D eigenvalue weighted by atomic mass is 10.2. The van der Waals surface area contributed by atoms with Gasteiger partial charge in [0.15, 0.2) is 0 Å². The van der Waals surface area contributed by atoms with Crippen LogP contribution in [-0.4, -0.2) is 34.3 Å². The van der Waals surface area contributed by atoms with Crippen LogP contribution in [0.3, 0.4) is 0 Å². The molecule has 28 heavy (non-hydrogen) atoms. The van der Waals surface area contributed by atoms with Crippen LogP contribution >= 0.6 is 11.8 Å². The number of aromatic nitrogens is 2. The van der Waals surface area contributed by atoms with Crippen molar-refractivity contribution < 1.29 is 18.4 Å². The molecule has 0 spiro atoms. The molecule has 2 amide bonds. The lowest BCUT2D eigenvalue weighted by molar-refractivity contribution is -0.117. The Balaban J connectivity index is 1.39. The largest absolute Gasteiger partial charge is 0.469 e. The highest BCUT2D eigenvalue weighted by atomic mass is 32.2. The maximum atomic E-state index is 12.4. The molecule has 8 nitrogen and oxygen atoms in total. The number of hydrogen-bond acceptors (Lipinski definition) is 7. The minimum atomic E-state index is -0.219. The number of thioether (sulfide) groups is 1. The number of nitrogens with zero attached hydrogens (tertiary/aromatic N) is 3. The summed E-state index contributed by atoms with van der Waals surface area (Å²) in [5.74, 6) is 0.999. The zero-order valence-electron chi connectivity index (χ0n) is 15.2. The molecule has 2 aromatic heterocycles. The first-order valence-electron chi connectivity index (χ1n) is 8.82. The maximum Gasteiger partial charge on any atom is 0.277 e. The summed E-state index contributed by atoms with van der Waals surface area (Å²) in [6, 6.07) is 9.05. The summed E-state index contributed by atoms with van der Waals surface area (Å²) in [5, 5.41) is 11.1. The number of benzene rings is 1. The van der Waals surface area contributed by atoms with E-state index >= 15 is 0 Å². The fourth-order valence-electron chi connectivity index (χ4n) is 3.01. The molecule has 0 aliphatic carbocycles. The SMILES string of the molecule is Cc1occc1-c1nnc(SCC(=O)Nc2ccccc2N2CCCC2=O)o1. The molecule has 1 fully saturated rings. The van der Waals surface area contributed by atoms with Crippen LogP contribution in [-0.2, 0) is 9.59 Å². The summed E-state index contributed by atoms with van der Waals surface area (Å²) < 4.78 is 10.8. The number of anilines is 2. The van der Waals surface area contributed by atoms with Crippen molar-refractivity contribution in [2.75, 3.05) is 22.5 Å². The van der Waals surface area contributed by atoms with Crippen LogP contribution in [0.5, 0.6) is 0 Å². The summed E-state index contributed by atoms with van der Waals surface area (Å²) in [4.78, 5) is 26.1. The number of para-hydroxylation sites is 2. The topological polar surface area (TPSA) is 101 Å². The second-order valence-electron chi connectivity index (χ2n) is 6.27. The highest BCUT2D eigenvalue weighted by Gasteiger charge is 2.24. The van der Waals surface area contributed by atoms with Gasteiger partial charge in [-0.1, -0.05) is 23.9 Å². The molecule has 0 bridgehead atoms. The number of nitrogens with one attached hydrogen (secondary N) is 1. The van der Waals surface area contributed by atoms with Crippen molar-refractivity contribution in [3.05, 3.63) is 42.4 Å². The Hall–Kier alpha value is -3.07. The molecule has 1 aromatic carbocycles. The van der Waals surface area contributed by atoms with Gasteiger partial charge in [-0.05, 0) is 31.5 Å². The van der Waals surface area contributed by atoms with Crippen LogP contribution in [0, 0.1) is 6.92 Å². The van der Waals surface area contributed by atoms with E-state index < -0.39 is 0 Å². The molecular formula is C19H18N4O4S. The van der Waals surface area contributed by atoms with Gasteiger partial charge in [0.1, 0.15) is 5.76 Å². The van der Waals surface area contributed by atoms with E-state index in [1.807, 2.05) is 25.1 Å². The second kappa shape index (κ2) is 7.89. The van der Waals surface area contributed by atoms with Gasteiger partial charge in [-0.2, -0.15) is 0 Å². The number of carbonyl (C=O) groups excluding carboxylic acids is 2. The van der Waals surface area contributed by atoms with Gasteiger partial charge >= 0.3 is 0 Å². The number of carbonyl (C=O) groups is 2. The first-order chi connectivity index (χ1) is 13.6. The predicted molar refractivity (Wildman–Crippen MR) is 104 cm³/mol. The quantitative estimate of drug-likeness (QED) is 0.634. The van der Waals surface area contributed by atoms with Crippen molar-refractivity contribution in [2.45, 2.75) is 25.0 Å². The van der Waals surface area contributed by atoms with E-state index in [4.69, 9.17) is 8.83 Å². The van der Waals surface area contributed by atoms with Crippen LogP contribution in [0.15, 0.2) is 50.7 Å². The van der Waals surface area contributed by atoms with Gasteiger partial charge in [0.25, 0.3) is 11.1 Å². The van der Waals surface area contributed by atoms with Crippen LogP contribution in [0.2, 0.25) is 0 Å². The molecule has 1 aliphatic heterocycles. The highest BCUT2D eigenvalue weighted by Crippen LogP contribution is 2.30. The molecule has 9 heteroatoms. The molecule has 144 valence electrons. The molecule has 1 saturated heterocycles. The first kappa shape index (κ1) is 18.3. The van der Waals surface area contributed by atoms with Gasteiger partial charge < -0.3 is 19.1 Å². The number of hydrogen-bond donors (Lipinski definition) is 1. The molecule has 3 aromatic rings. The molecule has 0 radical (unpaired) electrons. The van der Waals surface area contributed by atoms with E-state index in [1.165, 1.54) is 0 Å². The van der Waals surface area contributed by atoms with Crippen molar-refractivity contribution in [3.8, 4) is 11.5 Å². The van der Waals surface area contributed by atoms with Crippen LogP contribution in [0.4, 0.5) is 11.4 Å². The molecular weight excluding hydrogens is 380 g/mol. The van der Waals surface area contributed by atoms with Gasteiger partial charge in [0, 0.05) is 13.0 Å². The lowest BCUT2D eigenvalue weighted by Gasteiger charge is -2.19. The van der Waals surface area contributed by atoms with Crippen molar-refractivity contribution >= 4 is 35.0 Å². The van der Waals surface area contributed by atoms with Crippen LogP contribution < -0.4 is 10.2 Å². The van der Waals surface area contributed by atoms with E-state index in [0.29, 0.717) is 35.5 Å². The summed E-state index contributed by atoms with van der Waals surface area (Å²) in [6.45, 7) is 2.47. The average Bonchev–Trinajstić information content (AvgIpc) is 3.41. The molecule has 0 saturated carbocycles. The Morgan fingerprint density at radius 1 is 1.29 bits per heavy atom. The van der Waals surface area contributed by atoms with Crippen molar-refractivity contribution in [3.63, 3.8) is 0 Å². The summed E-state index contributed by atoms with van der Waals surface area (Å²) in [6.07, 6.45) is 2.91. The van der Waals surface area contributed by atoms with Crippen molar-refractivity contribution in [1.82, 2.24) is 10.2 Å². The zero-order chi connectivity index (χ0) is 19.5. The molecule has 0 unspecified atom stereocenters. The molecule has 1 aliphatic rings. The summed E-state index contributed by atoms with van der Waals surface area (Å²) in [5.41, 5.74) is 2.07. The van der Waals surface area contributed by atoms with E-state index in [9.17, 15) is 9.59 Å². The highest BCUT2D eigenvalue weighted by molar-refractivity contribution is 7.99. The van der Waals surface area contributed by atoms with Gasteiger partial charge in [0.2, 0.25) is 11.8 Å². The smallest absolute Gasteiger partial charge is 0.277 e. The van der Waals surface area contributed by atoms with Crippen molar-refractivity contribution in [2.24, 2.45) is 0 Å². The lowest BCUT2D eigenvalue weighted by Crippen LogP contribution is -2.25. The second-order valence-corrected chi connectivity index (χ2v) is 7.19. The monoisotopic (exact) mass is 398 g/mol. The number of amides is 2. The number of aryl methyl sites for hydroxylation is 1. The third-order valence-electron chi connectivity index (χ3n) is 4.36. The molecule has 4 rings (SSSR count). The maximum absolute atomic E-state index is 12.4. The molecule has 3 heterocycles. The normalized spacial score (nSPS) is 13.9. The first-order valence-corrected chi connectivity index (χ1v) is 9.80. The fraction of sp³-hybridized carbons (Fsp3) is 0.263. The summed E-state index contributed by atoms with van der Waals surface area (Å²) >= 11 is 1.15. The number of rotatable bonds is 6. The Morgan fingerprint density at radius 2 is 2.14 bits per heavy atom. The van der Waals surface area contributed by atoms with Crippen LogP contribution in [0.1, 0.15) is 18.6 Å². The Kier molecular flexibility index (Phi) is 5.16.